The van der Waals surface area contributed by atoms with Crippen LogP contribution in [0.4, 0.5) is 0 Å². The molecule has 14 heteroatoms. The Morgan fingerprint density at radius 3 is 2.21 bits per heavy atom. The molecule has 1 aliphatic rings. The van der Waals surface area contributed by atoms with Crippen molar-refractivity contribution in [3.8, 4) is 0 Å². The number of aliphatic hydroxyl groups is 1. The molecule has 0 radical (unpaired) electrons. The van der Waals surface area contributed by atoms with Crippen LogP contribution in [0.25, 0.3) is 0 Å². The van der Waals surface area contributed by atoms with Crippen LogP contribution in [0.1, 0.15) is 39.5 Å². The summed E-state index contributed by atoms with van der Waals surface area (Å²) in [6.07, 6.45) is -1.36. The number of aliphatic carboxylic acids is 1. The van der Waals surface area contributed by atoms with Crippen LogP contribution in [0.2, 0.25) is 0 Å². The number of aliphatic hydroxyl groups excluding tert-OH is 1. The fourth-order valence-corrected chi connectivity index (χ4v) is 3.54. The first-order valence-corrected chi connectivity index (χ1v) is 10.9. The van der Waals surface area contributed by atoms with Gasteiger partial charge in [0, 0.05) is 19.4 Å². The van der Waals surface area contributed by atoms with Crippen molar-refractivity contribution in [2.24, 2.45) is 17.4 Å². The van der Waals surface area contributed by atoms with Gasteiger partial charge in [0.05, 0.1) is 19.2 Å². The van der Waals surface area contributed by atoms with Crippen LogP contribution in [-0.2, 0) is 28.8 Å². The molecule has 1 fully saturated rings. The predicted molar refractivity (Wildman–Crippen MR) is 118 cm³/mol. The zero-order valence-electron chi connectivity index (χ0n) is 19.3. The molecule has 0 bridgehead atoms. The van der Waals surface area contributed by atoms with Crippen molar-refractivity contribution in [1.29, 1.82) is 0 Å². The number of likely N-dealkylation sites (tertiary alicyclic amines) is 1. The second kappa shape index (κ2) is 13.4. The van der Waals surface area contributed by atoms with Gasteiger partial charge < -0.3 is 42.5 Å². The average molecular weight is 487 g/mol. The summed E-state index contributed by atoms with van der Waals surface area (Å²) in [5.41, 5.74) is 10.5. The Morgan fingerprint density at radius 2 is 1.68 bits per heavy atom. The normalized spacial score (nSPS) is 19.3. The van der Waals surface area contributed by atoms with E-state index in [2.05, 4.69) is 16.0 Å². The maximum atomic E-state index is 13.1. The number of nitrogens with two attached hydrogens (primary N) is 2. The summed E-state index contributed by atoms with van der Waals surface area (Å²) < 4.78 is 0. The minimum absolute atomic E-state index is 0.0369. The SMILES string of the molecule is CC(C)C[C@H](NC(=O)CN)C(=O)N1C[C@H](O)C[C@H]1C(=O)NCC(=O)N[C@@H](CCC(=O)O)C(N)=O. The second-order valence-electron chi connectivity index (χ2n) is 8.52. The van der Waals surface area contributed by atoms with Gasteiger partial charge in [0.25, 0.3) is 0 Å². The second-order valence-corrected chi connectivity index (χ2v) is 8.52. The fraction of sp³-hybridized carbons (Fsp3) is 0.700. The summed E-state index contributed by atoms with van der Waals surface area (Å²) in [4.78, 5) is 72.9. The first-order chi connectivity index (χ1) is 15.8. The molecule has 0 aliphatic carbocycles. The van der Waals surface area contributed by atoms with Crippen molar-refractivity contribution in [3.05, 3.63) is 0 Å². The van der Waals surface area contributed by atoms with Gasteiger partial charge in [-0.15, -0.1) is 0 Å². The van der Waals surface area contributed by atoms with Gasteiger partial charge in [-0.1, -0.05) is 13.8 Å². The van der Waals surface area contributed by atoms with Gasteiger partial charge in [-0.05, 0) is 18.8 Å². The Labute approximate surface area is 196 Å². The highest BCUT2D eigenvalue weighted by atomic mass is 16.4. The first-order valence-electron chi connectivity index (χ1n) is 10.9. The lowest BCUT2D eigenvalue weighted by atomic mass is 10.0. The van der Waals surface area contributed by atoms with Gasteiger partial charge in [0.2, 0.25) is 29.5 Å². The standard InChI is InChI=1S/C20H34N6O8/c1-10(2)5-13(25-15(28)7-21)20(34)26-9-11(27)6-14(26)19(33)23-8-16(29)24-12(18(22)32)3-4-17(30)31/h10-14,27H,3-9,21H2,1-2H3,(H2,22,32)(H,23,33)(H,24,29)(H,25,28)(H,30,31)/t11-,12+,13+,14+/m1/s1. The van der Waals surface area contributed by atoms with E-state index in [9.17, 15) is 33.9 Å². The number of amides is 5. The average Bonchev–Trinajstić information content (AvgIpc) is 3.14. The quantitative estimate of drug-likeness (QED) is 0.136. The number of carboxylic acids is 1. The largest absolute Gasteiger partial charge is 0.481 e. The van der Waals surface area contributed by atoms with Crippen molar-refractivity contribution >= 4 is 35.5 Å². The fourth-order valence-electron chi connectivity index (χ4n) is 3.54. The minimum Gasteiger partial charge on any atom is -0.481 e. The molecule has 1 aliphatic heterocycles. The molecule has 192 valence electrons. The molecular formula is C20H34N6O8. The van der Waals surface area contributed by atoms with Gasteiger partial charge in [0.15, 0.2) is 0 Å². The summed E-state index contributed by atoms with van der Waals surface area (Å²) in [6.45, 7) is 2.69. The minimum atomic E-state index is -1.23. The molecule has 14 nitrogen and oxygen atoms in total. The number of nitrogens with zero attached hydrogens (tertiary/aromatic N) is 1. The van der Waals surface area contributed by atoms with Crippen molar-refractivity contribution in [1.82, 2.24) is 20.9 Å². The highest BCUT2D eigenvalue weighted by Crippen LogP contribution is 2.21. The number of rotatable bonds is 13. The third-order valence-electron chi connectivity index (χ3n) is 5.14. The lowest BCUT2D eigenvalue weighted by Crippen LogP contribution is -2.55. The van der Waals surface area contributed by atoms with Crippen molar-refractivity contribution < 1.29 is 39.0 Å². The van der Waals surface area contributed by atoms with E-state index in [4.69, 9.17) is 16.6 Å². The van der Waals surface area contributed by atoms with Crippen molar-refractivity contribution in [2.45, 2.75) is 63.8 Å². The molecular weight excluding hydrogens is 452 g/mol. The molecule has 0 saturated carbocycles. The Morgan fingerprint density at radius 1 is 1.06 bits per heavy atom. The topological polar surface area (TPSA) is 234 Å². The molecule has 0 spiro atoms. The van der Waals surface area contributed by atoms with E-state index < -0.39 is 72.7 Å². The van der Waals surface area contributed by atoms with Crippen LogP contribution in [0.15, 0.2) is 0 Å². The van der Waals surface area contributed by atoms with Crippen molar-refractivity contribution in [2.75, 3.05) is 19.6 Å². The van der Waals surface area contributed by atoms with Crippen molar-refractivity contribution in [3.63, 3.8) is 0 Å². The van der Waals surface area contributed by atoms with E-state index in [0.29, 0.717) is 6.42 Å². The van der Waals surface area contributed by atoms with Gasteiger partial charge in [0.1, 0.15) is 18.1 Å². The molecule has 1 saturated heterocycles. The van der Waals surface area contributed by atoms with Crippen LogP contribution < -0.4 is 27.4 Å². The van der Waals surface area contributed by atoms with E-state index in [1.54, 1.807) is 0 Å². The highest BCUT2D eigenvalue weighted by molar-refractivity contribution is 5.94. The maximum absolute atomic E-state index is 13.1. The lowest BCUT2D eigenvalue weighted by Gasteiger charge is -2.29. The zero-order chi connectivity index (χ0) is 26.0. The molecule has 9 N–H and O–H groups in total. The zero-order valence-corrected chi connectivity index (χ0v) is 19.3. The smallest absolute Gasteiger partial charge is 0.303 e. The Kier molecular flexibility index (Phi) is 11.4. The first kappa shape index (κ1) is 28.8. The van der Waals surface area contributed by atoms with Crippen LogP contribution >= 0.6 is 0 Å². The van der Waals surface area contributed by atoms with E-state index >= 15 is 0 Å². The number of nitrogens with one attached hydrogen (secondary N) is 3. The van der Waals surface area contributed by atoms with Crippen LogP contribution in [0.3, 0.4) is 0 Å². The Hall–Kier alpha value is -3.26. The van der Waals surface area contributed by atoms with Gasteiger partial charge in [-0.25, -0.2) is 0 Å². The number of primary amides is 1. The van der Waals surface area contributed by atoms with E-state index in [0.717, 1.165) is 4.90 Å². The third kappa shape index (κ3) is 9.31. The molecule has 0 aromatic carbocycles. The number of carboxylic acid groups (broad SMARTS) is 1. The van der Waals surface area contributed by atoms with Crippen LogP contribution in [0, 0.1) is 5.92 Å². The lowest BCUT2D eigenvalue weighted by molar-refractivity contribution is -0.142. The van der Waals surface area contributed by atoms with Gasteiger partial charge in [-0.3, -0.25) is 28.8 Å². The molecule has 5 amide bonds. The van der Waals surface area contributed by atoms with Crippen LogP contribution in [0.5, 0.6) is 0 Å². The summed E-state index contributed by atoms with van der Waals surface area (Å²) in [5.74, 6) is -4.65. The molecule has 34 heavy (non-hydrogen) atoms. The van der Waals surface area contributed by atoms with E-state index in [1.807, 2.05) is 13.8 Å². The van der Waals surface area contributed by atoms with Crippen LogP contribution in [-0.4, -0.2) is 94.5 Å². The van der Waals surface area contributed by atoms with Gasteiger partial charge in [-0.2, -0.15) is 0 Å². The monoisotopic (exact) mass is 486 g/mol. The molecule has 0 aromatic rings. The summed E-state index contributed by atoms with van der Waals surface area (Å²) in [5, 5.41) is 25.9. The summed E-state index contributed by atoms with van der Waals surface area (Å²) >= 11 is 0. The number of carbonyl (C=O) groups is 6. The molecule has 1 rings (SSSR count). The molecule has 4 atom stereocenters. The number of carbonyl (C=O) groups excluding carboxylic acids is 5. The molecule has 0 aromatic heterocycles. The van der Waals surface area contributed by atoms with E-state index in [1.165, 1.54) is 0 Å². The highest BCUT2D eigenvalue weighted by Gasteiger charge is 2.41. The summed E-state index contributed by atoms with van der Waals surface area (Å²) in [6, 6.07) is -3.25. The predicted octanol–water partition coefficient (Wildman–Crippen LogP) is -3.61. The third-order valence-corrected chi connectivity index (χ3v) is 5.14. The number of hydrogen-bond donors (Lipinski definition) is 7. The van der Waals surface area contributed by atoms with E-state index in [-0.39, 0.29) is 31.8 Å². The number of β-amino-alcohol motifs (C(OH)–C–C–N with tert-alkyl or cyclic N) is 1. The van der Waals surface area contributed by atoms with Gasteiger partial charge >= 0.3 is 5.97 Å². The molecule has 1 heterocycles. The Bertz CT molecular complexity index is 789. The molecule has 0 unspecified atom stereocenters. The Balaban J connectivity index is 2.80. The maximum Gasteiger partial charge on any atom is 0.303 e. The summed E-state index contributed by atoms with van der Waals surface area (Å²) in [7, 11) is 0. The number of hydrogen-bond acceptors (Lipinski definition) is 8.